The highest BCUT2D eigenvalue weighted by Crippen LogP contribution is 2.47. The van der Waals surface area contributed by atoms with E-state index in [2.05, 4.69) is 155 Å². The van der Waals surface area contributed by atoms with Crippen LogP contribution in [0.25, 0.3) is 66.0 Å². The Kier molecular flexibility index (Phi) is 6.79. The maximum absolute atomic E-state index is 6.64. The van der Waals surface area contributed by atoms with Gasteiger partial charge >= 0.3 is 0 Å². The van der Waals surface area contributed by atoms with Gasteiger partial charge in [0.1, 0.15) is 16.7 Å². The zero-order valence-corrected chi connectivity index (χ0v) is 29.1. The van der Waals surface area contributed by atoms with Crippen LogP contribution < -0.4 is 9.80 Å². The molecule has 11 aromatic rings. The van der Waals surface area contributed by atoms with Crippen molar-refractivity contribution in [1.29, 1.82) is 0 Å². The van der Waals surface area contributed by atoms with Crippen LogP contribution in [0, 0.1) is 0 Å². The lowest BCUT2D eigenvalue weighted by molar-refractivity contribution is 0.623. The van der Waals surface area contributed by atoms with Crippen LogP contribution in [0.15, 0.2) is 197 Å². The maximum atomic E-state index is 6.64. The normalized spacial score (nSPS) is 11.7. The third kappa shape index (κ3) is 4.83. The average Bonchev–Trinajstić information content (AvgIpc) is 3.86. The molecule has 0 aliphatic carbocycles. The second-order valence-corrected chi connectivity index (χ2v) is 13.6. The molecular weight excluding hydrogens is 663 g/mol. The molecule has 0 bridgehead atoms. The van der Waals surface area contributed by atoms with Gasteiger partial charge in [0, 0.05) is 61.6 Å². The summed E-state index contributed by atoms with van der Waals surface area (Å²) < 4.78 is 13.2. The van der Waals surface area contributed by atoms with Crippen LogP contribution in [-0.4, -0.2) is 4.98 Å². The van der Waals surface area contributed by atoms with Gasteiger partial charge in [-0.25, -0.2) is 4.98 Å². The molecular formula is C49H31N3O2. The van der Waals surface area contributed by atoms with Gasteiger partial charge in [0.2, 0.25) is 5.89 Å². The predicted octanol–water partition coefficient (Wildman–Crippen LogP) is 14.1. The molecule has 11 rings (SSSR count). The van der Waals surface area contributed by atoms with E-state index in [1.54, 1.807) is 0 Å². The Bertz CT molecular complexity index is 3110. The topological polar surface area (TPSA) is 45.7 Å². The number of nitrogens with zero attached hydrogens (tertiary/aromatic N) is 3. The lowest BCUT2D eigenvalue weighted by Gasteiger charge is -2.29. The van der Waals surface area contributed by atoms with Crippen LogP contribution in [-0.2, 0) is 0 Å². The number of oxazole rings is 1. The van der Waals surface area contributed by atoms with Gasteiger partial charge in [-0.15, -0.1) is 0 Å². The number of benzene rings is 9. The molecule has 254 valence electrons. The molecule has 5 heteroatoms. The van der Waals surface area contributed by atoms with Crippen molar-refractivity contribution in [3.8, 4) is 11.5 Å². The molecule has 0 aliphatic rings. The summed E-state index contributed by atoms with van der Waals surface area (Å²) in [5.74, 6) is 0.598. The largest absolute Gasteiger partial charge is 0.456 e. The van der Waals surface area contributed by atoms with Crippen LogP contribution in [0.3, 0.4) is 0 Å². The molecule has 2 aromatic heterocycles. The third-order valence-corrected chi connectivity index (χ3v) is 10.4. The zero-order chi connectivity index (χ0) is 35.6. The molecule has 0 fully saturated rings. The minimum absolute atomic E-state index is 0.598. The van der Waals surface area contributed by atoms with Crippen LogP contribution in [0.1, 0.15) is 0 Å². The molecule has 0 spiro atoms. The number of hydrogen-bond donors (Lipinski definition) is 0. The molecule has 5 nitrogen and oxygen atoms in total. The average molecular weight is 694 g/mol. The first-order valence-electron chi connectivity index (χ1n) is 18.1. The Hall–Kier alpha value is -7.37. The van der Waals surface area contributed by atoms with E-state index in [0.717, 1.165) is 83.5 Å². The molecule has 0 unspecified atom stereocenters. The highest BCUT2D eigenvalue weighted by Gasteiger charge is 2.25. The first kappa shape index (κ1) is 30.3. The first-order chi connectivity index (χ1) is 26.8. The van der Waals surface area contributed by atoms with Crippen molar-refractivity contribution in [2.45, 2.75) is 0 Å². The summed E-state index contributed by atoms with van der Waals surface area (Å²) >= 11 is 0. The standard InChI is InChI=1S/C49H31N3O2/c1-4-15-33(16-5-1)49-50-47-42-30-40(31-44-46(42)45-41(48(47)54-49)24-13-25-43(45)53-44)52(36-20-8-3-9-21-36)38-23-12-22-37(29-38)51(35-18-6-2-7-19-35)39-27-26-32-14-10-11-17-34(32)28-39/h1-31H. The van der Waals surface area contributed by atoms with Crippen molar-refractivity contribution in [3.63, 3.8) is 0 Å². The quantitative estimate of drug-likeness (QED) is 0.156. The van der Waals surface area contributed by atoms with Crippen molar-refractivity contribution < 1.29 is 8.83 Å². The highest BCUT2D eigenvalue weighted by molar-refractivity contribution is 6.32. The fourth-order valence-electron chi connectivity index (χ4n) is 7.96. The highest BCUT2D eigenvalue weighted by atomic mass is 16.3. The van der Waals surface area contributed by atoms with Crippen molar-refractivity contribution in [2.75, 3.05) is 9.80 Å². The van der Waals surface area contributed by atoms with E-state index in [1.165, 1.54) is 10.8 Å². The van der Waals surface area contributed by atoms with Crippen molar-refractivity contribution in [2.24, 2.45) is 0 Å². The van der Waals surface area contributed by atoms with Gasteiger partial charge in [-0.3, -0.25) is 0 Å². The van der Waals surface area contributed by atoms with E-state index >= 15 is 0 Å². The van der Waals surface area contributed by atoms with Crippen LogP contribution >= 0.6 is 0 Å². The third-order valence-electron chi connectivity index (χ3n) is 10.4. The molecule has 0 atom stereocenters. The lowest BCUT2D eigenvalue weighted by atomic mass is 9.99. The summed E-state index contributed by atoms with van der Waals surface area (Å²) in [5, 5.41) is 6.49. The van der Waals surface area contributed by atoms with Crippen molar-refractivity contribution in [1.82, 2.24) is 4.98 Å². The van der Waals surface area contributed by atoms with Crippen molar-refractivity contribution in [3.05, 3.63) is 188 Å². The molecule has 0 aliphatic heterocycles. The fourth-order valence-corrected chi connectivity index (χ4v) is 7.96. The van der Waals surface area contributed by atoms with Gasteiger partial charge in [-0.2, -0.15) is 0 Å². The second kappa shape index (κ2) is 12.1. The van der Waals surface area contributed by atoms with Gasteiger partial charge in [0.25, 0.3) is 0 Å². The number of rotatable bonds is 7. The number of fused-ring (bicyclic) bond motifs is 4. The van der Waals surface area contributed by atoms with E-state index in [-0.39, 0.29) is 0 Å². The summed E-state index contributed by atoms with van der Waals surface area (Å²) in [6, 6.07) is 65.6. The summed E-state index contributed by atoms with van der Waals surface area (Å²) in [4.78, 5) is 9.76. The molecule has 0 amide bonds. The molecule has 0 radical (unpaired) electrons. The van der Waals surface area contributed by atoms with Gasteiger partial charge in [0.05, 0.1) is 5.69 Å². The van der Waals surface area contributed by atoms with Gasteiger partial charge < -0.3 is 18.6 Å². The SMILES string of the molecule is c1ccc(-c2nc3c4cc(N(c5ccccc5)c5cccc(N(c6ccccc6)c6ccc7ccccc7c6)c5)cc5oc6cccc(c3o2)c6c54)cc1. The van der Waals surface area contributed by atoms with E-state index < -0.39 is 0 Å². The smallest absolute Gasteiger partial charge is 0.227 e. The van der Waals surface area contributed by atoms with Crippen LogP contribution in [0.4, 0.5) is 34.1 Å². The van der Waals surface area contributed by atoms with E-state index in [4.69, 9.17) is 13.8 Å². The number of furan rings is 1. The summed E-state index contributed by atoms with van der Waals surface area (Å²) in [6.07, 6.45) is 0. The molecule has 0 saturated heterocycles. The monoisotopic (exact) mass is 693 g/mol. The minimum atomic E-state index is 0.598. The van der Waals surface area contributed by atoms with E-state index in [0.29, 0.717) is 5.89 Å². The molecule has 54 heavy (non-hydrogen) atoms. The number of anilines is 6. The zero-order valence-electron chi connectivity index (χ0n) is 29.1. The Morgan fingerprint density at radius 2 is 0.963 bits per heavy atom. The van der Waals surface area contributed by atoms with Gasteiger partial charge in [-0.1, -0.05) is 103 Å². The first-order valence-corrected chi connectivity index (χ1v) is 18.1. The van der Waals surface area contributed by atoms with Crippen LogP contribution in [0.2, 0.25) is 0 Å². The van der Waals surface area contributed by atoms with Crippen molar-refractivity contribution >= 4 is 88.7 Å². The second-order valence-electron chi connectivity index (χ2n) is 13.6. The maximum Gasteiger partial charge on any atom is 0.227 e. The van der Waals surface area contributed by atoms with E-state index in [1.807, 2.05) is 42.5 Å². The van der Waals surface area contributed by atoms with E-state index in [9.17, 15) is 0 Å². The molecule has 2 heterocycles. The summed E-state index contributed by atoms with van der Waals surface area (Å²) in [5.41, 5.74) is 10.3. The number of hydrogen-bond acceptors (Lipinski definition) is 5. The predicted molar refractivity (Wildman–Crippen MR) is 222 cm³/mol. The molecule has 9 aromatic carbocycles. The molecule has 0 N–H and O–H groups in total. The Labute approximate surface area is 310 Å². The van der Waals surface area contributed by atoms with Gasteiger partial charge in [-0.05, 0) is 89.6 Å². The lowest BCUT2D eigenvalue weighted by Crippen LogP contribution is -2.13. The number of aromatic nitrogens is 1. The summed E-state index contributed by atoms with van der Waals surface area (Å²) in [6.45, 7) is 0. The Balaban J connectivity index is 1.14. The minimum Gasteiger partial charge on any atom is -0.456 e. The van der Waals surface area contributed by atoms with Gasteiger partial charge in [0.15, 0.2) is 5.58 Å². The molecule has 0 saturated carbocycles. The Morgan fingerprint density at radius 3 is 1.70 bits per heavy atom. The van der Waals surface area contributed by atoms with Crippen LogP contribution in [0.5, 0.6) is 0 Å². The number of para-hydroxylation sites is 2. The summed E-state index contributed by atoms with van der Waals surface area (Å²) in [7, 11) is 0. The fraction of sp³-hybridized carbons (Fsp3) is 0. The Morgan fingerprint density at radius 1 is 0.370 bits per heavy atom.